The van der Waals surface area contributed by atoms with Crippen molar-refractivity contribution in [2.75, 3.05) is 0 Å². The number of carboxylic acid groups (broad SMARTS) is 2. The van der Waals surface area contributed by atoms with Crippen molar-refractivity contribution >= 4 is 89.8 Å². The summed E-state index contributed by atoms with van der Waals surface area (Å²) < 4.78 is 73.6. The summed E-state index contributed by atoms with van der Waals surface area (Å²) in [5, 5.41) is 67.6. The van der Waals surface area contributed by atoms with Gasteiger partial charge in [-0.05, 0) is 120 Å². The van der Waals surface area contributed by atoms with Gasteiger partial charge in [-0.1, -0.05) is 21.9 Å². The van der Waals surface area contributed by atoms with Crippen LogP contribution in [-0.2, 0) is 20.2 Å². The van der Waals surface area contributed by atoms with Crippen LogP contribution in [0, 0.1) is 10.4 Å². The van der Waals surface area contributed by atoms with Crippen LogP contribution < -0.4 is 118 Å². The molecule has 0 saturated carbocycles. The molecule has 0 amide bonds. The monoisotopic (exact) mass is 966 g/mol. The van der Waals surface area contributed by atoms with Crippen molar-refractivity contribution in [2.45, 2.75) is 9.79 Å². The van der Waals surface area contributed by atoms with Crippen LogP contribution in [0.25, 0.3) is 12.2 Å². The topological polar surface area (TPSA) is 315 Å². The first-order chi connectivity index (χ1) is 29.4. The first-order valence-corrected chi connectivity index (χ1v) is 20.2. The van der Waals surface area contributed by atoms with E-state index in [1.165, 1.54) is 97.1 Å². The molecular formula is C40H26N8Na4O12S2+2. The van der Waals surface area contributed by atoms with Gasteiger partial charge in [0, 0.05) is 34.5 Å². The molecule has 0 aromatic heterocycles. The molecule has 0 atom stereocenters. The molecule has 0 heterocycles. The Morgan fingerprint density at radius 3 is 0.955 bits per heavy atom. The van der Waals surface area contributed by atoms with Crippen LogP contribution in [0.5, 0.6) is 0 Å². The van der Waals surface area contributed by atoms with E-state index in [-0.39, 0.29) is 173 Å². The van der Waals surface area contributed by atoms with Crippen LogP contribution in [0.2, 0.25) is 0 Å². The van der Waals surface area contributed by atoms with Crippen molar-refractivity contribution in [3.8, 4) is 0 Å². The maximum Gasteiger partial charge on any atom is 1.00 e. The summed E-state index contributed by atoms with van der Waals surface area (Å²) >= 11 is 0. The number of carboxylic acids is 2. The van der Waals surface area contributed by atoms with E-state index < -0.39 is 42.0 Å². The van der Waals surface area contributed by atoms with Gasteiger partial charge in [0.2, 0.25) is 11.4 Å². The summed E-state index contributed by atoms with van der Waals surface area (Å²) in [6.45, 7) is 0. The van der Waals surface area contributed by atoms with E-state index in [2.05, 4.69) is 30.7 Å². The molecule has 0 bridgehead atoms. The molecule has 6 rings (SSSR count). The average Bonchev–Trinajstić information content (AvgIpc) is 3.24. The molecule has 26 heteroatoms. The van der Waals surface area contributed by atoms with Gasteiger partial charge in [0.1, 0.15) is 31.6 Å². The van der Waals surface area contributed by atoms with Gasteiger partial charge >= 0.3 is 130 Å². The Kier molecular flexibility index (Phi) is 22.7. The van der Waals surface area contributed by atoms with E-state index in [0.29, 0.717) is 22.7 Å². The summed E-state index contributed by atoms with van der Waals surface area (Å²) in [6, 6.07) is 28.8. The fraction of sp³-hybridized carbons (Fsp3) is 0. The maximum absolute atomic E-state index is 12.9. The average molecular weight is 967 g/mol. The minimum Gasteiger partial charge on any atom is -0.744 e. The molecular weight excluding hydrogens is 941 g/mol. The summed E-state index contributed by atoms with van der Waals surface area (Å²) in [5.41, 5.74) is 0.597. The molecule has 0 aliphatic carbocycles. The number of rotatable bonds is 14. The van der Waals surface area contributed by atoms with E-state index in [4.69, 9.17) is 10.2 Å². The predicted molar refractivity (Wildman–Crippen MR) is 217 cm³/mol. The third kappa shape index (κ3) is 16.3. The molecule has 0 aliphatic rings. The number of nitrogens with zero attached hydrogens (tertiary/aromatic N) is 8. The number of hydrogen-bond donors (Lipinski definition) is 2. The van der Waals surface area contributed by atoms with Gasteiger partial charge < -0.3 is 29.7 Å². The van der Waals surface area contributed by atoms with Crippen molar-refractivity contribution in [1.29, 1.82) is 0 Å². The van der Waals surface area contributed by atoms with Gasteiger partial charge in [0.15, 0.2) is 0 Å². The number of azo groups is 4. The van der Waals surface area contributed by atoms with Crippen molar-refractivity contribution in [3.05, 3.63) is 166 Å². The zero-order valence-corrected chi connectivity index (χ0v) is 44.9. The summed E-state index contributed by atoms with van der Waals surface area (Å²) in [6.07, 6.45) is 2.06. The first-order valence-electron chi connectivity index (χ1n) is 17.4. The number of hydrogen-bond acceptors (Lipinski definition) is 16. The van der Waals surface area contributed by atoms with Crippen LogP contribution in [0.4, 0.5) is 45.5 Å². The Labute approximate surface area is 464 Å². The van der Waals surface area contributed by atoms with Gasteiger partial charge in [-0.3, -0.25) is 0 Å². The second-order valence-corrected chi connectivity index (χ2v) is 15.3. The van der Waals surface area contributed by atoms with Crippen LogP contribution >= 0.6 is 0 Å². The Hall–Kier alpha value is -4.18. The quantitative estimate of drug-likeness (QED) is 0.0293. The largest absolute Gasteiger partial charge is 1.00 e. The van der Waals surface area contributed by atoms with E-state index in [1.54, 1.807) is 0 Å². The minimum atomic E-state index is -5.25. The Morgan fingerprint density at radius 1 is 0.439 bits per heavy atom. The third-order valence-corrected chi connectivity index (χ3v) is 10.1. The van der Waals surface area contributed by atoms with Crippen LogP contribution in [-0.4, -0.2) is 57.8 Å². The van der Waals surface area contributed by atoms with Crippen molar-refractivity contribution < 1.29 is 174 Å². The van der Waals surface area contributed by atoms with Gasteiger partial charge in [-0.25, -0.2) is 26.4 Å². The molecule has 0 unspecified atom stereocenters. The van der Waals surface area contributed by atoms with Crippen LogP contribution in [0.1, 0.15) is 31.8 Å². The molecule has 0 radical (unpaired) electrons. The standard InChI is InChI=1S/C40H28N8O12S2.4Na/c49-39(50)27-3-9-29(10-4-27)41-43-31-13-17-33(18-14-31)45-47(53)35-21-7-25(37(23-35)61(55,56)57)1-2-26-8-22-36(24-38(26)62(58,59)60)48(54)46-34-19-15-32(16-20-34)44-42-30-11-5-28(6-12-30)40(51)52;;;;/h1-24H,(H,49,50)(H,51,52)(H,55,56,57)(H,58,59,60);;;;/q;4*+1/p-2/b2-1+,43-41?,44-42?,47-45?,48-46?;;;;. The Bertz CT molecular complexity index is 2880. The van der Waals surface area contributed by atoms with Gasteiger partial charge in [0.25, 0.3) is 0 Å². The molecule has 0 saturated heterocycles. The van der Waals surface area contributed by atoms with E-state index in [9.17, 15) is 45.9 Å². The summed E-state index contributed by atoms with van der Waals surface area (Å²) in [7, 11) is -10.5. The number of aromatic carboxylic acids is 2. The zero-order valence-electron chi connectivity index (χ0n) is 35.2. The third-order valence-electron chi connectivity index (χ3n) is 8.32. The fourth-order valence-electron chi connectivity index (χ4n) is 5.24. The molecule has 0 aliphatic heterocycles. The molecule has 66 heavy (non-hydrogen) atoms. The fourth-order valence-corrected chi connectivity index (χ4v) is 6.62. The van der Waals surface area contributed by atoms with Crippen LogP contribution in [0.15, 0.2) is 174 Å². The molecule has 312 valence electrons. The predicted octanol–water partition coefficient (Wildman–Crippen LogP) is -2.24. The second kappa shape index (κ2) is 25.8. The summed E-state index contributed by atoms with van der Waals surface area (Å²) in [5.74, 6) is -2.18. The first kappa shape index (κ1) is 57.9. The van der Waals surface area contributed by atoms with Crippen molar-refractivity contribution in [3.63, 3.8) is 0 Å². The molecule has 20 nitrogen and oxygen atoms in total. The molecule has 6 aromatic rings. The normalized spacial score (nSPS) is 11.9. The van der Waals surface area contributed by atoms with Crippen LogP contribution in [0.3, 0.4) is 0 Å². The van der Waals surface area contributed by atoms with Gasteiger partial charge in [-0.15, -0.1) is 0 Å². The zero-order chi connectivity index (χ0) is 44.6. The molecule has 0 fully saturated rings. The van der Waals surface area contributed by atoms with E-state index >= 15 is 0 Å². The minimum absolute atomic E-state index is 0. The number of benzene rings is 6. The van der Waals surface area contributed by atoms with E-state index in [0.717, 1.165) is 48.6 Å². The molecule has 2 N–H and O–H groups in total. The molecule has 0 spiro atoms. The van der Waals surface area contributed by atoms with Crippen molar-refractivity contribution in [1.82, 2.24) is 0 Å². The van der Waals surface area contributed by atoms with Gasteiger partial charge in [0.05, 0.1) is 43.7 Å². The van der Waals surface area contributed by atoms with Crippen molar-refractivity contribution in [2.24, 2.45) is 30.7 Å². The second-order valence-electron chi connectivity index (χ2n) is 12.6. The van der Waals surface area contributed by atoms with Gasteiger partial charge in [-0.2, -0.15) is 20.5 Å². The summed E-state index contributed by atoms with van der Waals surface area (Å²) in [4.78, 5) is 20.4. The maximum atomic E-state index is 12.9. The van der Waals surface area contributed by atoms with E-state index in [1.807, 2.05) is 0 Å². The molecule has 6 aromatic carbocycles. The Balaban J connectivity index is 0.00000374. The smallest absolute Gasteiger partial charge is 0.744 e. The number of carbonyl (C=O) groups is 2. The SMILES string of the molecule is O=C(O)c1ccc(N=Nc2ccc(N=[N+]([O-])c3ccc(/C=C/c4ccc([N+]([O-])=Nc5ccc(N=Nc6ccc(C(=O)O)cc6)cc5)cc4S(=O)(=O)[O-])c(S(=O)(=O)[O-])c3)cc2)cc1.[Na+].[Na+].[Na+].[Na+]. The Morgan fingerprint density at radius 2 is 0.697 bits per heavy atom.